The summed E-state index contributed by atoms with van der Waals surface area (Å²) in [6.07, 6.45) is 5.89. The van der Waals surface area contributed by atoms with Gasteiger partial charge in [0.15, 0.2) is 0 Å². The predicted molar refractivity (Wildman–Crippen MR) is 102 cm³/mol. The minimum Gasteiger partial charge on any atom is -0.497 e. The Morgan fingerprint density at radius 1 is 1.07 bits per heavy atom. The highest BCUT2D eigenvalue weighted by Gasteiger charge is 2.30. The molecule has 0 bridgehead atoms. The molecule has 0 amide bonds. The van der Waals surface area contributed by atoms with Crippen LogP contribution in [0.5, 0.6) is 0 Å². The molecule has 0 aromatic rings. The summed E-state index contributed by atoms with van der Waals surface area (Å²) in [5.41, 5.74) is 0. The largest absolute Gasteiger partial charge is 0.497 e. The van der Waals surface area contributed by atoms with Gasteiger partial charge in [-0.2, -0.15) is 8.42 Å². The molecule has 0 aliphatic carbocycles. The molecule has 0 radical (unpaired) electrons. The molecule has 0 spiro atoms. The Balaban J connectivity index is 0.000000167. The van der Waals surface area contributed by atoms with E-state index in [2.05, 4.69) is 16.7 Å². The van der Waals surface area contributed by atoms with E-state index in [1.54, 1.807) is 6.26 Å². The first-order valence-corrected chi connectivity index (χ1v) is 11.7. The molecule has 4 rings (SSSR count). The Hall–Kier alpha value is -0.910. The zero-order chi connectivity index (χ0) is 20.0. The van der Waals surface area contributed by atoms with Crippen molar-refractivity contribution in [2.24, 2.45) is 0 Å². The molecule has 4 aliphatic heterocycles. The van der Waals surface area contributed by atoms with Crippen molar-refractivity contribution in [3.05, 3.63) is 12.5 Å². The first-order chi connectivity index (χ1) is 13.4. The second-order valence-electron chi connectivity index (χ2n) is 7.50. The highest BCUT2D eigenvalue weighted by molar-refractivity contribution is 7.85. The second kappa shape index (κ2) is 10.2. The van der Waals surface area contributed by atoms with Crippen LogP contribution in [0.25, 0.3) is 0 Å². The number of ether oxygens (including phenoxy) is 4. The first kappa shape index (κ1) is 21.8. The van der Waals surface area contributed by atoms with Gasteiger partial charge in [-0.1, -0.05) is 6.92 Å². The molecular weight excluding hydrogens is 388 g/mol. The fourth-order valence-corrected chi connectivity index (χ4v) is 3.98. The van der Waals surface area contributed by atoms with Crippen LogP contribution < -0.4 is 0 Å². The lowest BCUT2D eigenvalue weighted by Crippen LogP contribution is -2.55. The Morgan fingerprint density at radius 2 is 1.86 bits per heavy atom. The van der Waals surface area contributed by atoms with Crippen molar-refractivity contribution in [2.75, 3.05) is 65.5 Å². The van der Waals surface area contributed by atoms with Crippen molar-refractivity contribution in [1.82, 2.24) is 9.80 Å². The zero-order valence-corrected chi connectivity index (χ0v) is 17.5. The zero-order valence-electron chi connectivity index (χ0n) is 16.7. The van der Waals surface area contributed by atoms with Crippen molar-refractivity contribution in [1.29, 1.82) is 0 Å². The van der Waals surface area contributed by atoms with Gasteiger partial charge < -0.3 is 23.8 Å². The Bertz CT molecular complexity index is 615. The van der Waals surface area contributed by atoms with Gasteiger partial charge in [-0.15, -0.1) is 0 Å². The average Bonchev–Trinajstić information content (AvgIpc) is 2.71. The predicted octanol–water partition coefficient (Wildman–Crippen LogP) is 0.0294. The van der Waals surface area contributed by atoms with Crippen LogP contribution in [-0.2, 0) is 33.2 Å². The minimum atomic E-state index is -3.39. The topological polar surface area (TPSA) is 86.8 Å². The highest BCUT2D eigenvalue weighted by atomic mass is 32.2. The molecule has 28 heavy (non-hydrogen) atoms. The molecule has 0 N–H and O–H groups in total. The van der Waals surface area contributed by atoms with Crippen LogP contribution in [0.4, 0.5) is 0 Å². The normalized spacial score (nSPS) is 33.1. The summed E-state index contributed by atoms with van der Waals surface area (Å²) in [5.74, 6) is 0. The third kappa shape index (κ3) is 6.57. The fourth-order valence-electron chi connectivity index (χ4n) is 3.59. The van der Waals surface area contributed by atoms with Crippen molar-refractivity contribution >= 4 is 10.1 Å². The van der Waals surface area contributed by atoms with Gasteiger partial charge in [0.2, 0.25) is 0 Å². The molecule has 0 saturated carbocycles. The van der Waals surface area contributed by atoms with Gasteiger partial charge in [0, 0.05) is 25.8 Å². The van der Waals surface area contributed by atoms with E-state index in [-0.39, 0.29) is 18.8 Å². The summed E-state index contributed by atoms with van der Waals surface area (Å²) in [4.78, 5) is 4.59. The quantitative estimate of drug-likeness (QED) is 0.585. The summed E-state index contributed by atoms with van der Waals surface area (Å²) >= 11 is 0. The van der Waals surface area contributed by atoms with E-state index in [4.69, 9.17) is 23.1 Å². The lowest BCUT2D eigenvalue weighted by atomic mass is 10.1. The van der Waals surface area contributed by atoms with Crippen LogP contribution in [0.15, 0.2) is 12.5 Å². The van der Waals surface area contributed by atoms with Crippen molar-refractivity contribution in [3.8, 4) is 0 Å². The van der Waals surface area contributed by atoms with Crippen molar-refractivity contribution < 1.29 is 31.5 Å². The van der Waals surface area contributed by atoms with Crippen LogP contribution in [0, 0.1) is 0 Å². The summed E-state index contributed by atoms with van der Waals surface area (Å²) in [7, 11) is -3.39. The van der Waals surface area contributed by atoms with E-state index in [1.165, 1.54) is 0 Å². The number of rotatable bonds is 4. The number of fused-ring (bicyclic) bond motifs is 2. The van der Waals surface area contributed by atoms with Gasteiger partial charge >= 0.3 is 0 Å². The summed E-state index contributed by atoms with van der Waals surface area (Å²) in [6.45, 7) is 8.82. The third-order valence-electron chi connectivity index (χ3n) is 5.28. The van der Waals surface area contributed by atoms with Gasteiger partial charge in [-0.05, 0) is 6.42 Å². The van der Waals surface area contributed by atoms with Gasteiger partial charge in [-0.25, -0.2) is 0 Å². The van der Waals surface area contributed by atoms with E-state index in [0.29, 0.717) is 31.9 Å². The number of nitrogens with zero attached hydrogens (tertiary/aromatic N) is 2. The van der Waals surface area contributed by atoms with Crippen LogP contribution in [0.1, 0.15) is 13.3 Å². The maximum atomic E-state index is 10.8. The van der Waals surface area contributed by atoms with E-state index in [0.717, 1.165) is 45.6 Å². The standard InChI is InChI=1S/C9H15NO5S.C9H17NO2/c1-16(11,12)15-7-9-4-10-2-3-13-5-8(10)6-14-9;1-2-9-5-10-3-4-11-6-8(10)7-12-9/h2-3,8-9H,4-7H2,1H3;8-9H,2-7H2,1H3/t;8-,9+/m.0/s1. The molecule has 9 nitrogen and oxygen atoms in total. The second-order valence-corrected chi connectivity index (χ2v) is 9.14. The number of hydrogen-bond acceptors (Lipinski definition) is 9. The van der Waals surface area contributed by atoms with E-state index >= 15 is 0 Å². The minimum absolute atomic E-state index is 0.0662. The maximum absolute atomic E-state index is 10.8. The lowest BCUT2D eigenvalue weighted by Gasteiger charge is -2.41. The molecule has 4 heterocycles. The molecule has 2 unspecified atom stereocenters. The lowest BCUT2D eigenvalue weighted by molar-refractivity contribution is -0.116. The van der Waals surface area contributed by atoms with Crippen LogP contribution in [0.3, 0.4) is 0 Å². The van der Waals surface area contributed by atoms with Crippen LogP contribution >= 0.6 is 0 Å². The summed E-state index contributed by atoms with van der Waals surface area (Å²) in [6, 6.07) is 0.751. The molecule has 3 saturated heterocycles. The van der Waals surface area contributed by atoms with Gasteiger partial charge in [0.25, 0.3) is 10.1 Å². The summed E-state index contributed by atoms with van der Waals surface area (Å²) in [5, 5.41) is 0. The SMILES string of the molecule is CC[C@@H]1CN2CCOC[C@H]2CO1.CS(=O)(=O)OCC1CN2C=COCC2CO1. The molecule has 0 aromatic heterocycles. The third-order valence-corrected chi connectivity index (χ3v) is 5.84. The fraction of sp³-hybridized carbons (Fsp3) is 0.889. The molecule has 4 aliphatic rings. The molecule has 162 valence electrons. The van der Waals surface area contributed by atoms with Crippen LogP contribution in [-0.4, -0.2) is 108 Å². The molecule has 10 heteroatoms. The van der Waals surface area contributed by atoms with E-state index < -0.39 is 10.1 Å². The number of morpholine rings is 3. The van der Waals surface area contributed by atoms with E-state index in [9.17, 15) is 8.42 Å². The molecule has 0 aromatic carbocycles. The van der Waals surface area contributed by atoms with Gasteiger partial charge in [0.1, 0.15) is 6.61 Å². The smallest absolute Gasteiger partial charge is 0.264 e. The average molecular weight is 421 g/mol. The highest BCUT2D eigenvalue weighted by Crippen LogP contribution is 2.17. The Labute approximate surface area is 167 Å². The summed E-state index contributed by atoms with van der Waals surface area (Å²) < 4.78 is 48.1. The monoisotopic (exact) mass is 420 g/mol. The molecule has 4 atom stereocenters. The molecular formula is C18H32N2O7S. The van der Waals surface area contributed by atoms with E-state index in [1.807, 2.05) is 6.20 Å². The molecule has 3 fully saturated rings. The van der Waals surface area contributed by atoms with Crippen molar-refractivity contribution in [3.63, 3.8) is 0 Å². The Morgan fingerprint density at radius 3 is 2.64 bits per heavy atom. The van der Waals surface area contributed by atoms with Gasteiger partial charge in [-0.3, -0.25) is 9.08 Å². The maximum Gasteiger partial charge on any atom is 0.264 e. The van der Waals surface area contributed by atoms with Crippen LogP contribution in [0.2, 0.25) is 0 Å². The first-order valence-electron chi connectivity index (χ1n) is 9.88. The van der Waals surface area contributed by atoms with Gasteiger partial charge in [0.05, 0.1) is 69.8 Å². The Kier molecular flexibility index (Phi) is 7.95. The number of hydrogen-bond donors (Lipinski definition) is 0. The van der Waals surface area contributed by atoms with Crippen molar-refractivity contribution in [2.45, 2.75) is 37.6 Å².